The average Bonchev–Trinajstić information content (AvgIpc) is 2.56. The lowest BCUT2D eigenvalue weighted by Gasteiger charge is -2.38. The van der Waals surface area contributed by atoms with Gasteiger partial charge >= 0.3 is 0 Å². The van der Waals surface area contributed by atoms with Gasteiger partial charge in [0, 0.05) is 39.3 Å². The Balaban J connectivity index is 0.00000132. The largest absolute Gasteiger partial charge is 0.367 e. The van der Waals surface area contributed by atoms with E-state index in [-0.39, 0.29) is 36.8 Å². The van der Waals surface area contributed by atoms with Crippen LogP contribution in [0.25, 0.3) is 0 Å². The molecule has 130 valence electrons. The predicted molar refractivity (Wildman–Crippen MR) is 97.4 cm³/mol. The summed E-state index contributed by atoms with van der Waals surface area (Å²) in [6, 6.07) is 7.84. The van der Waals surface area contributed by atoms with E-state index in [1.165, 1.54) is 0 Å². The first-order valence-corrected chi connectivity index (χ1v) is 7.74. The minimum Gasteiger partial charge on any atom is -0.367 e. The number of carbonyl (C=O) groups excluding carboxylic acids is 1. The second kappa shape index (κ2) is 9.55. The second-order valence-electron chi connectivity index (χ2n) is 5.33. The van der Waals surface area contributed by atoms with Crippen molar-refractivity contribution in [3.05, 3.63) is 29.3 Å². The standard InChI is InChI=1S/C15H20ClN3O2.2ClH/c16-12-3-1-2-4-13(12)18-6-8-19(9-7-18)15(20)14-11-17-5-10-21-14;;/h1-4,14,17H,5-11H2;2*1H. The van der Waals surface area contributed by atoms with Gasteiger partial charge in [-0.3, -0.25) is 4.79 Å². The molecule has 1 unspecified atom stereocenters. The molecule has 1 amide bonds. The van der Waals surface area contributed by atoms with E-state index in [2.05, 4.69) is 10.2 Å². The second-order valence-corrected chi connectivity index (χ2v) is 5.73. The minimum atomic E-state index is -0.328. The fraction of sp³-hybridized carbons (Fsp3) is 0.533. The minimum absolute atomic E-state index is 0. The Labute approximate surface area is 154 Å². The normalized spacial score (nSPS) is 21.2. The Morgan fingerprint density at radius 2 is 1.87 bits per heavy atom. The van der Waals surface area contributed by atoms with Crippen molar-refractivity contribution in [3.63, 3.8) is 0 Å². The molecule has 0 bridgehead atoms. The van der Waals surface area contributed by atoms with Crippen molar-refractivity contribution in [2.24, 2.45) is 0 Å². The summed E-state index contributed by atoms with van der Waals surface area (Å²) in [5, 5.41) is 3.96. The van der Waals surface area contributed by atoms with Crippen LogP contribution in [0.3, 0.4) is 0 Å². The Bertz CT molecular complexity index is 504. The lowest BCUT2D eigenvalue weighted by molar-refractivity contribution is -0.145. The number of ether oxygens (including phenoxy) is 1. The smallest absolute Gasteiger partial charge is 0.253 e. The zero-order valence-electron chi connectivity index (χ0n) is 12.7. The van der Waals surface area contributed by atoms with Crippen molar-refractivity contribution >= 4 is 48.0 Å². The molecule has 2 heterocycles. The third-order valence-electron chi connectivity index (χ3n) is 3.99. The number of rotatable bonds is 2. The third-order valence-corrected chi connectivity index (χ3v) is 4.31. The fourth-order valence-corrected chi connectivity index (χ4v) is 3.06. The first-order chi connectivity index (χ1) is 10.3. The monoisotopic (exact) mass is 381 g/mol. The van der Waals surface area contributed by atoms with Gasteiger partial charge in [0.25, 0.3) is 5.91 Å². The number of morpholine rings is 1. The molecule has 0 spiro atoms. The van der Waals surface area contributed by atoms with Crippen LogP contribution < -0.4 is 10.2 Å². The van der Waals surface area contributed by atoms with Crippen molar-refractivity contribution in [2.45, 2.75) is 6.10 Å². The average molecular weight is 383 g/mol. The van der Waals surface area contributed by atoms with Gasteiger partial charge in [-0.1, -0.05) is 23.7 Å². The molecule has 1 aromatic rings. The number of anilines is 1. The lowest BCUT2D eigenvalue weighted by Crippen LogP contribution is -2.55. The molecule has 0 radical (unpaired) electrons. The van der Waals surface area contributed by atoms with Gasteiger partial charge < -0.3 is 19.9 Å². The molecule has 23 heavy (non-hydrogen) atoms. The zero-order valence-corrected chi connectivity index (χ0v) is 15.1. The summed E-state index contributed by atoms with van der Waals surface area (Å²) in [5.74, 6) is 0.0982. The number of carbonyl (C=O) groups is 1. The molecule has 2 aliphatic heterocycles. The molecule has 2 aliphatic rings. The van der Waals surface area contributed by atoms with E-state index in [0.717, 1.165) is 30.3 Å². The highest BCUT2D eigenvalue weighted by molar-refractivity contribution is 6.33. The van der Waals surface area contributed by atoms with E-state index in [1.807, 2.05) is 29.2 Å². The Morgan fingerprint density at radius 1 is 1.17 bits per heavy atom. The summed E-state index contributed by atoms with van der Waals surface area (Å²) < 4.78 is 5.54. The van der Waals surface area contributed by atoms with Crippen molar-refractivity contribution < 1.29 is 9.53 Å². The quantitative estimate of drug-likeness (QED) is 0.847. The first-order valence-electron chi connectivity index (χ1n) is 7.36. The van der Waals surface area contributed by atoms with Crippen LogP contribution in [0.15, 0.2) is 24.3 Å². The number of nitrogens with one attached hydrogen (secondary N) is 1. The van der Waals surface area contributed by atoms with Crippen LogP contribution in [0.1, 0.15) is 0 Å². The van der Waals surface area contributed by atoms with Crippen LogP contribution in [0.5, 0.6) is 0 Å². The fourth-order valence-electron chi connectivity index (χ4n) is 2.80. The van der Waals surface area contributed by atoms with Gasteiger partial charge in [-0.05, 0) is 12.1 Å². The Hall–Kier alpha value is -0.720. The first kappa shape index (κ1) is 20.3. The van der Waals surface area contributed by atoms with Crippen molar-refractivity contribution in [2.75, 3.05) is 50.8 Å². The molecule has 0 aliphatic carbocycles. The Kier molecular flexibility index (Phi) is 8.44. The third kappa shape index (κ3) is 4.88. The molecule has 0 aromatic heterocycles. The highest BCUT2D eigenvalue weighted by Gasteiger charge is 2.29. The molecule has 0 saturated carbocycles. The lowest BCUT2D eigenvalue weighted by atomic mass is 10.2. The molecular formula is C15H22Cl3N3O2. The number of halogens is 3. The SMILES string of the molecule is Cl.Cl.O=C(C1CNCCO1)N1CCN(c2ccccc2Cl)CC1. The van der Waals surface area contributed by atoms with E-state index in [0.29, 0.717) is 26.2 Å². The molecule has 3 rings (SSSR count). The molecule has 1 N–H and O–H groups in total. The molecule has 1 atom stereocenters. The van der Waals surface area contributed by atoms with Gasteiger partial charge in [-0.15, -0.1) is 24.8 Å². The van der Waals surface area contributed by atoms with Crippen molar-refractivity contribution in [1.82, 2.24) is 10.2 Å². The van der Waals surface area contributed by atoms with E-state index < -0.39 is 0 Å². The molecule has 2 fully saturated rings. The summed E-state index contributed by atoms with van der Waals surface area (Å²) >= 11 is 6.23. The van der Waals surface area contributed by atoms with Gasteiger partial charge in [0.1, 0.15) is 6.10 Å². The highest BCUT2D eigenvalue weighted by Crippen LogP contribution is 2.26. The van der Waals surface area contributed by atoms with Gasteiger partial charge in [0.15, 0.2) is 0 Å². The van der Waals surface area contributed by atoms with E-state index in [1.54, 1.807) is 0 Å². The summed E-state index contributed by atoms with van der Waals surface area (Å²) in [4.78, 5) is 16.5. The van der Waals surface area contributed by atoms with E-state index >= 15 is 0 Å². The van der Waals surface area contributed by atoms with Crippen LogP contribution in [-0.4, -0.2) is 62.8 Å². The van der Waals surface area contributed by atoms with Crippen LogP contribution in [0.2, 0.25) is 5.02 Å². The number of benzene rings is 1. The zero-order chi connectivity index (χ0) is 14.7. The summed E-state index contributed by atoms with van der Waals surface area (Å²) in [7, 11) is 0. The summed E-state index contributed by atoms with van der Waals surface area (Å²) in [6.07, 6.45) is -0.328. The van der Waals surface area contributed by atoms with Gasteiger partial charge in [0.05, 0.1) is 17.3 Å². The summed E-state index contributed by atoms with van der Waals surface area (Å²) in [5.41, 5.74) is 1.04. The van der Waals surface area contributed by atoms with Crippen LogP contribution >= 0.6 is 36.4 Å². The number of hydrogen-bond donors (Lipinski definition) is 1. The topological polar surface area (TPSA) is 44.8 Å². The highest BCUT2D eigenvalue weighted by atomic mass is 35.5. The van der Waals surface area contributed by atoms with Gasteiger partial charge in [0.2, 0.25) is 0 Å². The predicted octanol–water partition coefficient (Wildman–Crippen LogP) is 1.82. The van der Waals surface area contributed by atoms with E-state index in [9.17, 15) is 4.79 Å². The molecule has 1 aromatic carbocycles. The molecular weight excluding hydrogens is 361 g/mol. The van der Waals surface area contributed by atoms with E-state index in [4.69, 9.17) is 16.3 Å². The number of nitrogens with zero attached hydrogens (tertiary/aromatic N) is 2. The molecule has 5 nitrogen and oxygen atoms in total. The number of para-hydroxylation sites is 1. The van der Waals surface area contributed by atoms with Crippen LogP contribution in [0.4, 0.5) is 5.69 Å². The van der Waals surface area contributed by atoms with Crippen molar-refractivity contribution in [1.29, 1.82) is 0 Å². The van der Waals surface area contributed by atoms with Crippen LogP contribution in [0, 0.1) is 0 Å². The number of piperazine rings is 1. The number of hydrogen-bond acceptors (Lipinski definition) is 4. The molecule has 2 saturated heterocycles. The maximum Gasteiger partial charge on any atom is 0.253 e. The number of amides is 1. The van der Waals surface area contributed by atoms with Gasteiger partial charge in [-0.2, -0.15) is 0 Å². The van der Waals surface area contributed by atoms with Crippen molar-refractivity contribution in [3.8, 4) is 0 Å². The van der Waals surface area contributed by atoms with Crippen LogP contribution in [-0.2, 0) is 9.53 Å². The summed E-state index contributed by atoms with van der Waals surface area (Å²) in [6.45, 7) is 5.07. The molecule has 8 heteroatoms. The maximum atomic E-state index is 12.4. The maximum absolute atomic E-state index is 12.4. The van der Waals surface area contributed by atoms with Gasteiger partial charge in [-0.25, -0.2) is 0 Å². The Morgan fingerprint density at radius 3 is 2.48 bits per heavy atom.